The summed E-state index contributed by atoms with van der Waals surface area (Å²) < 4.78 is 0. The van der Waals surface area contributed by atoms with Crippen LogP contribution >= 0.6 is 0 Å². The van der Waals surface area contributed by atoms with Gasteiger partial charge in [0.2, 0.25) is 10.9 Å². The van der Waals surface area contributed by atoms with E-state index in [0.717, 1.165) is 24.0 Å². The molecular formula is C19H23NO2. The summed E-state index contributed by atoms with van der Waals surface area (Å²) in [6, 6.07) is 6.29. The average Bonchev–Trinajstić information content (AvgIpc) is 2.78. The van der Waals surface area contributed by atoms with Crippen LogP contribution in [0.3, 0.4) is 0 Å². The maximum Gasteiger partial charge on any atom is 0.250 e. The normalized spacial score (nSPS) is 16.6. The molecule has 0 bridgehead atoms. The van der Waals surface area contributed by atoms with Gasteiger partial charge in [-0.2, -0.15) is 0 Å². The molecule has 3 nitrogen and oxygen atoms in total. The number of hydrogen-bond acceptors (Lipinski definition) is 3. The molecule has 0 aromatic heterocycles. The number of benzene rings is 1. The van der Waals surface area contributed by atoms with Crippen LogP contribution in [0.5, 0.6) is 0 Å². The van der Waals surface area contributed by atoms with Crippen LogP contribution in [0, 0.1) is 13.8 Å². The molecule has 1 N–H and O–H groups in total. The highest BCUT2D eigenvalue weighted by Crippen LogP contribution is 2.28. The molecule has 116 valence electrons. The lowest BCUT2D eigenvalue weighted by Gasteiger charge is -2.21. The van der Waals surface area contributed by atoms with Crippen LogP contribution in [-0.2, 0) is 0 Å². The summed E-state index contributed by atoms with van der Waals surface area (Å²) in [7, 11) is 0. The molecule has 1 aliphatic carbocycles. The smallest absolute Gasteiger partial charge is 0.250 e. The highest BCUT2D eigenvalue weighted by molar-refractivity contribution is 5.82. The van der Waals surface area contributed by atoms with E-state index in [1.807, 2.05) is 32.0 Å². The third kappa shape index (κ3) is 2.72. The summed E-state index contributed by atoms with van der Waals surface area (Å²) in [5.41, 5.74) is 3.63. The molecule has 1 aliphatic rings. The van der Waals surface area contributed by atoms with Crippen molar-refractivity contribution < 1.29 is 0 Å². The minimum atomic E-state index is -0.350. The van der Waals surface area contributed by atoms with Crippen molar-refractivity contribution in [1.82, 2.24) is 0 Å². The van der Waals surface area contributed by atoms with E-state index in [0.29, 0.717) is 17.3 Å². The first-order chi connectivity index (χ1) is 10.6. The molecule has 0 spiro atoms. The molecule has 0 amide bonds. The van der Waals surface area contributed by atoms with Crippen LogP contribution in [0.25, 0.3) is 11.1 Å². The van der Waals surface area contributed by atoms with Crippen molar-refractivity contribution in [2.45, 2.75) is 58.4 Å². The molecule has 0 aliphatic heterocycles. The van der Waals surface area contributed by atoms with Crippen molar-refractivity contribution in [2.24, 2.45) is 0 Å². The van der Waals surface area contributed by atoms with Gasteiger partial charge in [0.05, 0.1) is 11.3 Å². The van der Waals surface area contributed by atoms with Gasteiger partial charge in [0, 0.05) is 6.04 Å². The Balaban J connectivity index is 1.90. The first-order valence-corrected chi connectivity index (χ1v) is 8.25. The standard InChI is InChI=1S/C19H23NO2/c1-12-9-10-14(11-13(12)2)16-17(19(22)18(16)21)20-15-7-5-3-4-6-8-15/h9-11,15,20H,3-8H2,1-2H3. The van der Waals surface area contributed by atoms with Gasteiger partial charge < -0.3 is 5.32 Å². The minimum Gasteiger partial charge on any atom is -0.378 e. The van der Waals surface area contributed by atoms with Crippen molar-refractivity contribution in [3.63, 3.8) is 0 Å². The van der Waals surface area contributed by atoms with Crippen molar-refractivity contribution >= 4 is 5.69 Å². The van der Waals surface area contributed by atoms with Crippen molar-refractivity contribution in [2.75, 3.05) is 5.32 Å². The van der Waals surface area contributed by atoms with Gasteiger partial charge in [0.25, 0.3) is 0 Å². The maximum atomic E-state index is 12.0. The fourth-order valence-electron chi connectivity index (χ4n) is 3.33. The van der Waals surface area contributed by atoms with Crippen LogP contribution in [0.4, 0.5) is 5.69 Å². The molecule has 0 unspecified atom stereocenters. The summed E-state index contributed by atoms with van der Waals surface area (Å²) in [6.07, 6.45) is 7.12. The van der Waals surface area contributed by atoms with Gasteiger partial charge in [-0.15, -0.1) is 0 Å². The number of aryl methyl sites for hydroxylation is 2. The van der Waals surface area contributed by atoms with E-state index in [4.69, 9.17) is 0 Å². The Bertz CT molecular complexity index is 745. The third-order valence-electron chi connectivity index (χ3n) is 4.91. The van der Waals surface area contributed by atoms with Crippen LogP contribution in [0.2, 0.25) is 0 Å². The maximum absolute atomic E-state index is 12.0. The molecule has 22 heavy (non-hydrogen) atoms. The van der Waals surface area contributed by atoms with Crippen molar-refractivity contribution in [1.29, 1.82) is 0 Å². The zero-order valence-electron chi connectivity index (χ0n) is 13.4. The second kappa shape index (κ2) is 6.07. The highest BCUT2D eigenvalue weighted by Gasteiger charge is 2.25. The molecule has 2 aromatic carbocycles. The number of anilines is 1. The summed E-state index contributed by atoms with van der Waals surface area (Å²) >= 11 is 0. The van der Waals surface area contributed by atoms with Gasteiger partial charge in [-0.25, -0.2) is 0 Å². The quantitative estimate of drug-likeness (QED) is 0.694. The minimum absolute atomic E-state index is 0.330. The monoisotopic (exact) mass is 297 g/mol. The Morgan fingerprint density at radius 1 is 0.909 bits per heavy atom. The van der Waals surface area contributed by atoms with Gasteiger partial charge in [0.15, 0.2) is 0 Å². The van der Waals surface area contributed by atoms with Crippen LogP contribution in [0.15, 0.2) is 27.8 Å². The Morgan fingerprint density at radius 2 is 1.59 bits per heavy atom. The fourth-order valence-corrected chi connectivity index (χ4v) is 3.33. The van der Waals surface area contributed by atoms with E-state index in [1.54, 1.807) is 0 Å². The largest absolute Gasteiger partial charge is 0.378 e. The lowest BCUT2D eigenvalue weighted by Crippen LogP contribution is -2.38. The predicted octanol–water partition coefficient (Wildman–Crippen LogP) is 3.70. The van der Waals surface area contributed by atoms with Gasteiger partial charge in [-0.3, -0.25) is 9.59 Å². The predicted molar refractivity (Wildman–Crippen MR) is 91.4 cm³/mol. The van der Waals surface area contributed by atoms with Gasteiger partial charge >= 0.3 is 0 Å². The summed E-state index contributed by atoms with van der Waals surface area (Å²) in [4.78, 5) is 24.0. The molecule has 0 saturated heterocycles. The molecule has 3 rings (SSSR count). The van der Waals surface area contributed by atoms with E-state index in [-0.39, 0.29) is 10.9 Å². The third-order valence-corrected chi connectivity index (χ3v) is 4.91. The highest BCUT2D eigenvalue weighted by atomic mass is 16.2. The zero-order chi connectivity index (χ0) is 15.7. The van der Waals surface area contributed by atoms with E-state index in [1.165, 1.54) is 31.2 Å². The Hall–Kier alpha value is -1.90. The zero-order valence-corrected chi connectivity index (χ0v) is 13.4. The molecule has 0 heterocycles. The summed E-state index contributed by atoms with van der Waals surface area (Å²) in [5, 5.41) is 3.37. The van der Waals surface area contributed by atoms with Crippen molar-refractivity contribution in [3.05, 3.63) is 49.8 Å². The molecule has 0 atom stereocenters. The van der Waals surface area contributed by atoms with Crippen molar-refractivity contribution in [3.8, 4) is 11.1 Å². The molecular weight excluding hydrogens is 274 g/mol. The Kier molecular flexibility index (Phi) is 4.14. The second-order valence-corrected chi connectivity index (χ2v) is 6.54. The van der Waals surface area contributed by atoms with Crippen LogP contribution in [0.1, 0.15) is 49.7 Å². The topological polar surface area (TPSA) is 46.2 Å². The number of hydrogen-bond donors (Lipinski definition) is 1. The van der Waals surface area contributed by atoms with Gasteiger partial charge in [-0.05, 0) is 43.4 Å². The Labute approximate surface area is 131 Å². The van der Waals surface area contributed by atoms with E-state index >= 15 is 0 Å². The van der Waals surface area contributed by atoms with Gasteiger partial charge in [-0.1, -0.05) is 43.9 Å². The number of nitrogens with one attached hydrogen (secondary N) is 1. The number of rotatable bonds is 3. The van der Waals surface area contributed by atoms with Crippen LogP contribution in [-0.4, -0.2) is 6.04 Å². The molecule has 2 aromatic rings. The molecule has 1 fully saturated rings. The molecule has 1 saturated carbocycles. The van der Waals surface area contributed by atoms with E-state index in [9.17, 15) is 9.59 Å². The van der Waals surface area contributed by atoms with Gasteiger partial charge in [0.1, 0.15) is 0 Å². The molecule has 0 radical (unpaired) electrons. The summed E-state index contributed by atoms with van der Waals surface area (Å²) in [6.45, 7) is 4.08. The lowest BCUT2D eigenvalue weighted by molar-refractivity contribution is 0.619. The average molecular weight is 297 g/mol. The SMILES string of the molecule is Cc1ccc(-c2c(NC3CCCCCC3)c(=O)c2=O)cc1C. The second-order valence-electron chi connectivity index (χ2n) is 6.54. The Morgan fingerprint density at radius 3 is 2.23 bits per heavy atom. The van der Waals surface area contributed by atoms with E-state index < -0.39 is 0 Å². The molecule has 3 heteroatoms. The van der Waals surface area contributed by atoms with E-state index in [2.05, 4.69) is 5.32 Å². The summed E-state index contributed by atoms with van der Waals surface area (Å²) in [5.74, 6) is 0. The first-order valence-electron chi connectivity index (χ1n) is 8.25. The first kappa shape index (κ1) is 15.0. The fraction of sp³-hybridized carbons (Fsp3) is 0.474. The van der Waals surface area contributed by atoms with Crippen LogP contribution < -0.4 is 16.2 Å². The lowest BCUT2D eigenvalue weighted by atomic mass is 9.94.